The molecule has 0 aliphatic carbocycles. The molecule has 0 fully saturated rings. The van der Waals surface area contributed by atoms with E-state index in [9.17, 15) is 0 Å². The Bertz CT molecular complexity index is 97.6. The van der Waals surface area contributed by atoms with E-state index in [-0.39, 0.29) is 5.60 Å². The Labute approximate surface area is 57.7 Å². The average Bonchev–Trinajstić information content (AvgIpc) is 1.62. The third-order valence-electron chi connectivity index (χ3n) is 0.845. The Morgan fingerprint density at radius 3 is 2.00 bits per heavy atom. The van der Waals surface area contributed by atoms with E-state index in [0.717, 1.165) is 12.2 Å². The first kappa shape index (κ1) is 8.54. The lowest BCUT2D eigenvalue weighted by Crippen LogP contribution is -2.17. The van der Waals surface area contributed by atoms with Gasteiger partial charge in [0.25, 0.3) is 0 Å². The average molecular weight is 128 g/mol. The fourth-order valence-electron chi connectivity index (χ4n) is 0.505. The van der Waals surface area contributed by atoms with Crippen molar-refractivity contribution in [2.24, 2.45) is 0 Å². The summed E-state index contributed by atoms with van der Waals surface area (Å²) in [5, 5.41) is 0. The zero-order chi connectivity index (χ0) is 7.49. The summed E-state index contributed by atoms with van der Waals surface area (Å²) < 4.78 is 5.39. The van der Waals surface area contributed by atoms with Crippen LogP contribution in [0.5, 0.6) is 0 Å². The summed E-state index contributed by atoms with van der Waals surface area (Å²) in [6.45, 7) is 11.8. The minimum Gasteiger partial charge on any atom is -0.493 e. The summed E-state index contributed by atoms with van der Waals surface area (Å²) in [5.74, 6) is 0.863. The van der Waals surface area contributed by atoms with Crippen molar-refractivity contribution in [3.8, 4) is 0 Å². The quantitative estimate of drug-likeness (QED) is 0.519. The highest BCUT2D eigenvalue weighted by atomic mass is 16.5. The van der Waals surface area contributed by atoms with Gasteiger partial charge in [-0.05, 0) is 20.8 Å². The zero-order valence-corrected chi connectivity index (χ0v) is 6.82. The van der Waals surface area contributed by atoms with E-state index in [4.69, 9.17) is 4.74 Å². The second kappa shape index (κ2) is 2.90. The molecule has 0 N–H and O–H groups in total. The zero-order valence-electron chi connectivity index (χ0n) is 6.82. The Morgan fingerprint density at radius 2 is 1.89 bits per heavy atom. The van der Waals surface area contributed by atoms with Crippen molar-refractivity contribution in [1.82, 2.24) is 0 Å². The molecule has 0 saturated carbocycles. The molecular formula is C8H16O. The first-order valence-electron chi connectivity index (χ1n) is 3.32. The molecule has 0 saturated heterocycles. The van der Waals surface area contributed by atoms with Crippen LogP contribution in [-0.2, 0) is 4.74 Å². The van der Waals surface area contributed by atoms with E-state index in [2.05, 4.69) is 6.58 Å². The van der Waals surface area contributed by atoms with Crippen LogP contribution >= 0.6 is 0 Å². The topological polar surface area (TPSA) is 9.23 Å². The molecule has 9 heavy (non-hydrogen) atoms. The molecule has 0 aliphatic rings. The first-order chi connectivity index (χ1) is 3.95. The largest absolute Gasteiger partial charge is 0.493 e. The lowest BCUT2D eigenvalue weighted by Gasteiger charge is -2.21. The Kier molecular flexibility index (Phi) is 2.75. The maximum atomic E-state index is 5.39. The van der Waals surface area contributed by atoms with Gasteiger partial charge in [0.2, 0.25) is 0 Å². The minimum atomic E-state index is -0.0763. The predicted molar refractivity (Wildman–Crippen MR) is 40.3 cm³/mol. The second-order valence-electron chi connectivity index (χ2n) is 3.11. The van der Waals surface area contributed by atoms with Crippen LogP contribution in [0.1, 0.15) is 34.1 Å². The molecule has 0 aromatic carbocycles. The molecule has 1 heteroatoms. The summed E-state index contributed by atoms with van der Waals surface area (Å²) >= 11 is 0. The standard InChI is InChI=1S/C8H16O/c1-6-7(2)9-8(3,4)5/h2,6H2,1,3-5H3. The van der Waals surface area contributed by atoms with Crippen LogP contribution in [0.4, 0.5) is 0 Å². The van der Waals surface area contributed by atoms with E-state index in [0.29, 0.717) is 0 Å². The molecule has 0 radical (unpaired) electrons. The van der Waals surface area contributed by atoms with E-state index in [1.807, 2.05) is 27.7 Å². The third kappa shape index (κ3) is 5.41. The lowest BCUT2D eigenvalue weighted by atomic mass is 10.2. The van der Waals surface area contributed by atoms with Crippen LogP contribution in [0.15, 0.2) is 12.3 Å². The molecule has 0 aromatic heterocycles. The van der Waals surface area contributed by atoms with Gasteiger partial charge in [0.1, 0.15) is 5.60 Å². The smallest absolute Gasteiger partial charge is 0.100 e. The Hall–Kier alpha value is -0.460. The first-order valence-corrected chi connectivity index (χ1v) is 3.32. The lowest BCUT2D eigenvalue weighted by molar-refractivity contribution is 0.0491. The van der Waals surface area contributed by atoms with Crippen molar-refractivity contribution >= 4 is 0 Å². The van der Waals surface area contributed by atoms with E-state index >= 15 is 0 Å². The maximum Gasteiger partial charge on any atom is 0.100 e. The number of hydrogen-bond acceptors (Lipinski definition) is 1. The molecule has 0 spiro atoms. The summed E-state index contributed by atoms with van der Waals surface area (Å²) in [6, 6.07) is 0. The van der Waals surface area contributed by atoms with Crippen LogP contribution in [0, 0.1) is 0 Å². The number of rotatable bonds is 2. The molecular weight excluding hydrogens is 112 g/mol. The fourth-order valence-corrected chi connectivity index (χ4v) is 0.505. The second-order valence-corrected chi connectivity index (χ2v) is 3.11. The van der Waals surface area contributed by atoms with Crippen molar-refractivity contribution < 1.29 is 4.74 Å². The van der Waals surface area contributed by atoms with Gasteiger partial charge in [-0.1, -0.05) is 13.5 Å². The van der Waals surface area contributed by atoms with Crippen LogP contribution in [-0.4, -0.2) is 5.60 Å². The number of allylic oxidation sites excluding steroid dienone is 1. The fraction of sp³-hybridized carbons (Fsp3) is 0.750. The van der Waals surface area contributed by atoms with Crippen molar-refractivity contribution in [3.63, 3.8) is 0 Å². The summed E-state index contributed by atoms with van der Waals surface area (Å²) in [7, 11) is 0. The number of hydrogen-bond donors (Lipinski definition) is 0. The van der Waals surface area contributed by atoms with Crippen molar-refractivity contribution in [2.45, 2.75) is 39.7 Å². The summed E-state index contributed by atoms with van der Waals surface area (Å²) in [6.07, 6.45) is 0.900. The predicted octanol–water partition coefficient (Wildman–Crippen LogP) is 2.73. The SMILES string of the molecule is C=C(CC)OC(C)(C)C. The highest BCUT2D eigenvalue weighted by Crippen LogP contribution is 2.13. The molecule has 0 unspecified atom stereocenters. The van der Waals surface area contributed by atoms with Gasteiger partial charge in [-0.25, -0.2) is 0 Å². The normalized spacial score (nSPS) is 11.1. The molecule has 0 rings (SSSR count). The van der Waals surface area contributed by atoms with Gasteiger partial charge in [-0.15, -0.1) is 0 Å². The van der Waals surface area contributed by atoms with Gasteiger partial charge < -0.3 is 4.74 Å². The summed E-state index contributed by atoms with van der Waals surface area (Å²) in [5.41, 5.74) is -0.0763. The van der Waals surface area contributed by atoms with Gasteiger partial charge in [-0.3, -0.25) is 0 Å². The van der Waals surface area contributed by atoms with Gasteiger partial charge in [0, 0.05) is 6.42 Å². The molecule has 0 atom stereocenters. The molecule has 54 valence electrons. The molecule has 0 bridgehead atoms. The van der Waals surface area contributed by atoms with E-state index in [1.165, 1.54) is 0 Å². The highest BCUT2D eigenvalue weighted by Gasteiger charge is 2.10. The van der Waals surface area contributed by atoms with E-state index < -0.39 is 0 Å². The highest BCUT2D eigenvalue weighted by molar-refractivity contribution is 4.83. The van der Waals surface area contributed by atoms with Crippen molar-refractivity contribution in [2.75, 3.05) is 0 Å². The molecule has 0 heterocycles. The van der Waals surface area contributed by atoms with Gasteiger partial charge in [-0.2, -0.15) is 0 Å². The molecule has 0 aliphatic heterocycles. The number of ether oxygens (including phenoxy) is 1. The van der Waals surface area contributed by atoms with Crippen LogP contribution in [0.2, 0.25) is 0 Å². The minimum absolute atomic E-state index is 0.0763. The van der Waals surface area contributed by atoms with Crippen molar-refractivity contribution in [3.05, 3.63) is 12.3 Å². The Balaban J connectivity index is 3.60. The van der Waals surface area contributed by atoms with Crippen LogP contribution < -0.4 is 0 Å². The van der Waals surface area contributed by atoms with Crippen molar-refractivity contribution in [1.29, 1.82) is 0 Å². The third-order valence-corrected chi connectivity index (χ3v) is 0.845. The van der Waals surface area contributed by atoms with Crippen LogP contribution in [0.3, 0.4) is 0 Å². The van der Waals surface area contributed by atoms with Crippen LogP contribution in [0.25, 0.3) is 0 Å². The molecule has 0 aromatic rings. The maximum absolute atomic E-state index is 5.39. The van der Waals surface area contributed by atoms with Gasteiger partial charge >= 0.3 is 0 Å². The Morgan fingerprint density at radius 1 is 1.44 bits per heavy atom. The van der Waals surface area contributed by atoms with Gasteiger partial charge in [0.05, 0.1) is 5.76 Å². The van der Waals surface area contributed by atoms with E-state index in [1.54, 1.807) is 0 Å². The summed E-state index contributed by atoms with van der Waals surface area (Å²) in [4.78, 5) is 0. The van der Waals surface area contributed by atoms with Gasteiger partial charge in [0.15, 0.2) is 0 Å². The monoisotopic (exact) mass is 128 g/mol. The molecule has 1 nitrogen and oxygen atoms in total. The molecule has 0 amide bonds.